The van der Waals surface area contributed by atoms with E-state index < -0.39 is 0 Å². The van der Waals surface area contributed by atoms with Gasteiger partial charge in [0.2, 0.25) is 0 Å². The van der Waals surface area contributed by atoms with Crippen molar-refractivity contribution >= 4 is 0 Å². The molecule has 2 rings (SSSR count). The Hall–Kier alpha value is -2.24. The van der Waals surface area contributed by atoms with E-state index in [0.717, 1.165) is 0 Å². The fourth-order valence-electron chi connectivity index (χ4n) is 4.08. The monoisotopic (exact) mass is 436 g/mol. The minimum atomic E-state index is -0.199. The van der Waals surface area contributed by atoms with Gasteiger partial charge in [0, 0.05) is 25.3 Å². The third-order valence-electron chi connectivity index (χ3n) is 5.76. The molecule has 0 radical (unpaired) electrons. The second-order valence-corrected chi connectivity index (χ2v) is 7.96. The van der Waals surface area contributed by atoms with Gasteiger partial charge in [-0.1, -0.05) is 72.8 Å². The lowest BCUT2D eigenvalue weighted by Gasteiger charge is -2.40. The molecule has 2 aromatic carbocycles. The molecule has 0 bridgehead atoms. The summed E-state index contributed by atoms with van der Waals surface area (Å²) in [7, 11) is 0. The van der Waals surface area contributed by atoms with Crippen LogP contribution in [-0.2, 0) is 9.47 Å². The zero-order valence-electron chi connectivity index (χ0n) is 20.0. The lowest BCUT2D eigenvalue weighted by Crippen LogP contribution is -2.60. The summed E-state index contributed by atoms with van der Waals surface area (Å²) in [4.78, 5) is 0. The van der Waals surface area contributed by atoms with Crippen molar-refractivity contribution in [2.45, 2.75) is 64.1 Å². The van der Waals surface area contributed by atoms with E-state index in [4.69, 9.17) is 9.47 Å². The van der Waals surface area contributed by atoms with Crippen molar-refractivity contribution in [2.75, 3.05) is 13.2 Å². The van der Waals surface area contributed by atoms with Gasteiger partial charge in [-0.2, -0.15) is 0 Å². The summed E-state index contributed by atoms with van der Waals surface area (Å²) < 4.78 is 12.2. The fourth-order valence-corrected chi connectivity index (χ4v) is 4.08. The molecule has 32 heavy (non-hydrogen) atoms. The van der Waals surface area contributed by atoms with Crippen LogP contribution in [0.2, 0.25) is 0 Å². The van der Waals surface area contributed by atoms with Crippen LogP contribution in [0.3, 0.4) is 0 Å². The smallest absolute Gasteiger partial charge is 0.0922 e. The Balaban J connectivity index is 2.41. The molecule has 4 heteroatoms. The fraction of sp³-hybridized carbons (Fsp3) is 0.429. The minimum absolute atomic E-state index is 0.0941. The minimum Gasteiger partial charge on any atom is -0.373 e. The molecule has 0 aliphatic carbocycles. The maximum absolute atomic E-state index is 6.12. The number of nitrogens with one attached hydrogen (secondary N) is 2. The van der Waals surface area contributed by atoms with Crippen LogP contribution in [0, 0.1) is 0 Å². The molecular weight excluding hydrogens is 396 g/mol. The van der Waals surface area contributed by atoms with Crippen LogP contribution in [0.5, 0.6) is 0 Å². The average molecular weight is 437 g/mol. The predicted molar refractivity (Wildman–Crippen MR) is 135 cm³/mol. The van der Waals surface area contributed by atoms with E-state index in [2.05, 4.69) is 86.2 Å². The van der Waals surface area contributed by atoms with Gasteiger partial charge < -0.3 is 20.1 Å². The molecule has 6 atom stereocenters. The first-order valence-corrected chi connectivity index (χ1v) is 11.7. The molecular formula is C28H40N2O2. The van der Waals surface area contributed by atoms with Crippen molar-refractivity contribution < 1.29 is 9.47 Å². The van der Waals surface area contributed by atoms with Crippen LogP contribution >= 0.6 is 0 Å². The first kappa shape index (κ1) is 26.0. The molecule has 0 aliphatic heterocycles. The van der Waals surface area contributed by atoms with E-state index in [9.17, 15) is 0 Å². The van der Waals surface area contributed by atoms with Crippen molar-refractivity contribution in [1.82, 2.24) is 10.6 Å². The number of hydrogen-bond acceptors (Lipinski definition) is 4. The Kier molecular flexibility index (Phi) is 11.4. The largest absolute Gasteiger partial charge is 0.373 e. The van der Waals surface area contributed by atoms with Crippen molar-refractivity contribution in [3.63, 3.8) is 0 Å². The Morgan fingerprint density at radius 1 is 0.688 bits per heavy atom. The van der Waals surface area contributed by atoms with Crippen LogP contribution in [0.1, 0.15) is 50.9 Å². The van der Waals surface area contributed by atoms with Crippen molar-refractivity contribution in [1.29, 1.82) is 0 Å². The molecule has 0 heterocycles. The van der Waals surface area contributed by atoms with Crippen molar-refractivity contribution in [3.05, 3.63) is 97.1 Å². The maximum atomic E-state index is 6.12. The number of rotatable bonds is 15. The molecule has 2 N–H and O–H groups in total. The van der Waals surface area contributed by atoms with Crippen LogP contribution in [0.4, 0.5) is 0 Å². The SMILES string of the molecule is C=CC(OCC)[C@@H](N[C@@H](C)c1ccccc1)[C@H](N[C@@H](C)c1ccccc1)[C@H](C=C)OCC. The summed E-state index contributed by atoms with van der Waals surface area (Å²) in [6.45, 7) is 17.7. The van der Waals surface area contributed by atoms with E-state index in [1.165, 1.54) is 11.1 Å². The summed E-state index contributed by atoms with van der Waals surface area (Å²) in [5, 5.41) is 7.63. The highest BCUT2D eigenvalue weighted by Gasteiger charge is 2.35. The molecule has 0 aromatic heterocycles. The van der Waals surface area contributed by atoms with E-state index >= 15 is 0 Å². The molecule has 0 saturated heterocycles. The lowest BCUT2D eigenvalue weighted by atomic mass is 9.93. The van der Waals surface area contributed by atoms with Crippen LogP contribution in [0.25, 0.3) is 0 Å². The Bertz CT molecular complexity index is 713. The highest BCUT2D eigenvalue weighted by atomic mass is 16.5. The second kappa shape index (κ2) is 14.0. The standard InChI is InChI=1S/C28H40N2O2/c1-7-25(31-9-3)27(29-21(5)23-17-13-11-14-18-23)28(26(8-2)32-10-4)30-22(6)24-19-15-12-16-20-24/h7-8,11-22,25-30H,1-2,9-10H2,3-6H3/t21-,22-,25-,26?,27+,28+/m0/s1. The van der Waals surface area contributed by atoms with Crippen LogP contribution < -0.4 is 10.6 Å². The number of benzene rings is 2. The number of ether oxygens (including phenoxy) is 2. The van der Waals surface area contributed by atoms with Crippen LogP contribution in [-0.4, -0.2) is 37.5 Å². The van der Waals surface area contributed by atoms with Gasteiger partial charge >= 0.3 is 0 Å². The predicted octanol–water partition coefficient (Wildman–Crippen LogP) is 5.61. The quantitative estimate of drug-likeness (QED) is 0.356. The van der Waals surface area contributed by atoms with Crippen LogP contribution in [0.15, 0.2) is 86.0 Å². The topological polar surface area (TPSA) is 42.5 Å². The first-order chi connectivity index (χ1) is 15.5. The summed E-state index contributed by atoms with van der Waals surface area (Å²) in [5.74, 6) is 0. The van der Waals surface area contributed by atoms with E-state index in [-0.39, 0.29) is 36.4 Å². The highest BCUT2D eigenvalue weighted by Crippen LogP contribution is 2.22. The summed E-state index contributed by atoms with van der Waals surface area (Å²) in [5.41, 5.74) is 2.44. The normalized spacial score (nSPS) is 17.0. The molecule has 1 unspecified atom stereocenters. The molecule has 2 aromatic rings. The van der Waals surface area contributed by atoms with Crippen molar-refractivity contribution in [3.8, 4) is 0 Å². The van der Waals surface area contributed by atoms with Gasteiger partial charge in [0.15, 0.2) is 0 Å². The third-order valence-corrected chi connectivity index (χ3v) is 5.76. The zero-order valence-corrected chi connectivity index (χ0v) is 20.0. The van der Waals surface area contributed by atoms with E-state index in [1.54, 1.807) is 0 Å². The average Bonchev–Trinajstić information content (AvgIpc) is 2.84. The Labute approximate surface area is 194 Å². The highest BCUT2D eigenvalue weighted by molar-refractivity contribution is 5.21. The van der Waals surface area contributed by atoms with Gasteiger partial charge in [-0.25, -0.2) is 0 Å². The molecule has 0 spiro atoms. The Morgan fingerprint density at radius 3 is 1.31 bits per heavy atom. The Morgan fingerprint density at radius 2 is 1.03 bits per heavy atom. The van der Waals surface area contributed by atoms with Crippen molar-refractivity contribution in [2.24, 2.45) is 0 Å². The molecule has 4 nitrogen and oxygen atoms in total. The van der Waals surface area contributed by atoms with Gasteiger partial charge in [-0.3, -0.25) is 0 Å². The lowest BCUT2D eigenvalue weighted by molar-refractivity contribution is 0.00604. The number of hydrogen-bond donors (Lipinski definition) is 2. The summed E-state index contributed by atoms with van der Waals surface area (Å²) in [6, 6.07) is 20.9. The molecule has 0 saturated carbocycles. The molecule has 0 aliphatic rings. The summed E-state index contributed by atoms with van der Waals surface area (Å²) in [6.07, 6.45) is 3.36. The summed E-state index contributed by atoms with van der Waals surface area (Å²) >= 11 is 0. The van der Waals surface area contributed by atoms with Gasteiger partial charge in [-0.05, 0) is 38.8 Å². The van der Waals surface area contributed by atoms with Gasteiger partial charge in [0.1, 0.15) is 0 Å². The third kappa shape index (κ3) is 7.42. The van der Waals surface area contributed by atoms with E-state index in [0.29, 0.717) is 13.2 Å². The zero-order chi connectivity index (χ0) is 23.3. The van der Waals surface area contributed by atoms with E-state index in [1.807, 2.05) is 38.1 Å². The maximum Gasteiger partial charge on any atom is 0.0922 e. The van der Waals surface area contributed by atoms with Gasteiger partial charge in [-0.15, -0.1) is 13.2 Å². The molecule has 0 amide bonds. The van der Waals surface area contributed by atoms with Gasteiger partial charge in [0.05, 0.1) is 24.3 Å². The van der Waals surface area contributed by atoms with Gasteiger partial charge in [0.25, 0.3) is 0 Å². The molecule has 0 fully saturated rings. The first-order valence-electron chi connectivity index (χ1n) is 11.7. The molecule has 174 valence electrons. The second-order valence-electron chi connectivity index (χ2n) is 7.96.